The predicted molar refractivity (Wildman–Crippen MR) is 65.2 cm³/mol. The monoisotopic (exact) mass is 228 g/mol. The minimum absolute atomic E-state index is 0.00983. The van der Waals surface area contributed by atoms with Gasteiger partial charge in [0.25, 0.3) is 0 Å². The molecule has 0 bridgehead atoms. The summed E-state index contributed by atoms with van der Waals surface area (Å²) in [4.78, 5) is 23.4. The Hall–Kier alpha value is -0.900. The van der Waals surface area contributed by atoms with Gasteiger partial charge in [-0.15, -0.1) is 0 Å². The van der Waals surface area contributed by atoms with Gasteiger partial charge in [0.05, 0.1) is 5.41 Å². The summed E-state index contributed by atoms with van der Waals surface area (Å²) in [6.45, 7) is 8.66. The zero-order valence-electron chi connectivity index (χ0n) is 11.0. The molecule has 4 nitrogen and oxygen atoms in total. The number of Topliss-reactive ketones (excluding diaryl/α,β-unsaturated/α-hetero) is 1. The highest BCUT2D eigenvalue weighted by molar-refractivity contribution is 5.89. The SMILES string of the molecule is CNCCNC(=O)C(C)(C)CC(=O)C(C)C. The van der Waals surface area contributed by atoms with Crippen molar-refractivity contribution in [1.82, 2.24) is 10.6 Å². The summed E-state index contributed by atoms with van der Waals surface area (Å²) in [6, 6.07) is 0. The maximum atomic E-state index is 11.8. The van der Waals surface area contributed by atoms with Crippen molar-refractivity contribution >= 4 is 11.7 Å². The summed E-state index contributed by atoms with van der Waals surface area (Å²) in [5.41, 5.74) is -0.616. The summed E-state index contributed by atoms with van der Waals surface area (Å²) >= 11 is 0. The summed E-state index contributed by atoms with van der Waals surface area (Å²) in [7, 11) is 1.83. The average molecular weight is 228 g/mol. The maximum absolute atomic E-state index is 11.8. The molecule has 0 saturated carbocycles. The van der Waals surface area contributed by atoms with Crippen LogP contribution in [-0.2, 0) is 9.59 Å². The van der Waals surface area contributed by atoms with Crippen LogP contribution >= 0.6 is 0 Å². The molecule has 0 unspecified atom stereocenters. The minimum Gasteiger partial charge on any atom is -0.354 e. The third-order valence-electron chi connectivity index (χ3n) is 2.54. The molecular formula is C12H24N2O2. The number of carbonyl (C=O) groups is 2. The van der Waals surface area contributed by atoms with Gasteiger partial charge in [-0.1, -0.05) is 27.7 Å². The first-order chi connectivity index (χ1) is 7.31. The Kier molecular flexibility index (Phi) is 6.26. The fraction of sp³-hybridized carbons (Fsp3) is 0.833. The third-order valence-corrected chi connectivity index (χ3v) is 2.54. The Morgan fingerprint density at radius 1 is 1.19 bits per heavy atom. The Morgan fingerprint density at radius 2 is 1.75 bits per heavy atom. The Labute approximate surface area is 98.2 Å². The lowest BCUT2D eigenvalue weighted by atomic mass is 9.83. The van der Waals surface area contributed by atoms with E-state index in [-0.39, 0.29) is 17.6 Å². The van der Waals surface area contributed by atoms with Crippen LogP contribution < -0.4 is 10.6 Å². The molecule has 94 valence electrons. The molecule has 0 saturated heterocycles. The van der Waals surface area contributed by atoms with E-state index in [1.165, 1.54) is 0 Å². The summed E-state index contributed by atoms with van der Waals surface area (Å²) < 4.78 is 0. The van der Waals surface area contributed by atoms with Crippen LogP contribution in [0.25, 0.3) is 0 Å². The molecule has 0 aliphatic heterocycles. The first-order valence-electron chi connectivity index (χ1n) is 5.77. The average Bonchev–Trinajstić information content (AvgIpc) is 2.17. The van der Waals surface area contributed by atoms with Crippen molar-refractivity contribution in [2.45, 2.75) is 34.1 Å². The first kappa shape index (κ1) is 15.1. The number of nitrogens with one attached hydrogen (secondary N) is 2. The number of likely N-dealkylation sites (N-methyl/N-ethyl adjacent to an activating group) is 1. The second-order valence-corrected chi connectivity index (χ2v) is 5.04. The fourth-order valence-electron chi connectivity index (χ4n) is 1.26. The Bertz CT molecular complexity index is 247. The number of rotatable bonds is 7. The second-order valence-electron chi connectivity index (χ2n) is 5.04. The zero-order valence-corrected chi connectivity index (χ0v) is 11.0. The molecule has 4 heteroatoms. The molecule has 0 aliphatic rings. The van der Waals surface area contributed by atoms with Crippen molar-refractivity contribution in [3.63, 3.8) is 0 Å². The molecule has 0 aromatic heterocycles. The number of hydrogen-bond acceptors (Lipinski definition) is 3. The zero-order chi connectivity index (χ0) is 12.8. The van der Waals surface area contributed by atoms with Crippen LogP contribution in [0.4, 0.5) is 0 Å². The molecule has 2 N–H and O–H groups in total. The van der Waals surface area contributed by atoms with E-state index in [2.05, 4.69) is 10.6 Å². The fourth-order valence-corrected chi connectivity index (χ4v) is 1.26. The quantitative estimate of drug-likeness (QED) is 0.638. The van der Waals surface area contributed by atoms with Gasteiger partial charge in [-0.05, 0) is 7.05 Å². The van der Waals surface area contributed by atoms with E-state index < -0.39 is 5.41 Å². The van der Waals surface area contributed by atoms with Crippen LogP contribution in [0.3, 0.4) is 0 Å². The molecule has 0 heterocycles. The number of carbonyl (C=O) groups excluding carboxylic acids is 2. The Morgan fingerprint density at radius 3 is 2.19 bits per heavy atom. The number of hydrogen-bond donors (Lipinski definition) is 2. The molecule has 0 atom stereocenters. The minimum atomic E-state index is -0.616. The van der Waals surface area contributed by atoms with E-state index in [9.17, 15) is 9.59 Å². The highest BCUT2D eigenvalue weighted by Gasteiger charge is 2.30. The van der Waals surface area contributed by atoms with Crippen LogP contribution in [0.1, 0.15) is 34.1 Å². The number of amides is 1. The molecule has 0 rings (SSSR count). The molecule has 0 aromatic carbocycles. The smallest absolute Gasteiger partial charge is 0.226 e. The van der Waals surface area contributed by atoms with Gasteiger partial charge in [0.1, 0.15) is 5.78 Å². The van der Waals surface area contributed by atoms with Gasteiger partial charge in [0, 0.05) is 25.4 Å². The van der Waals surface area contributed by atoms with Crippen molar-refractivity contribution in [3.8, 4) is 0 Å². The lowest BCUT2D eigenvalue weighted by Gasteiger charge is -2.23. The van der Waals surface area contributed by atoms with E-state index in [0.717, 1.165) is 6.54 Å². The van der Waals surface area contributed by atoms with Crippen LogP contribution in [0.2, 0.25) is 0 Å². The van der Waals surface area contributed by atoms with Crippen molar-refractivity contribution in [3.05, 3.63) is 0 Å². The number of ketones is 1. The van der Waals surface area contributed by atoms with Gasteiger partial charge < -0.3 is 10.6 Å². The van der Waals surface area contributed by atoms with Gasteiger partial charge in [-0.25, -0.2) is 0 Å². The molecule has 0 fully saturated rings. The van der Waals surface area contributed by atoms with E-state index in [0.29, 0.717) is 13.0 Å². The van der Waals surface area contributed by atoms with Crippen LogP contribution in [-0.4, -0.2) is 31.8 Å². The summed E-state index contributed by atoms with van der Waals surface area (Å²) in [5, 5.41) is 5.77. The maximum Gasteiger partial charge on any atom is 0.226 e. The molecule has 1 amide bonds. The molecular weight excluding hydrogens is 204 g/mol. The third kappa shape index (κ3) is 5.26. The second kappa shape index (κ2) is 6.63. The standard InChI is InChI=1S/C12H24N2O2/c1-9(2)10(15)8-12(3,4)11(16)14-7-6-13-5/h9,13H,6-8H2,1-5H3,(H,14,16). The van der Waals surface area contributed by atoms with E-state index in [4.69, 9.17) is 0 Å². The summed E-state index contributed by atoms with van der Waals surface area (Å²) in [5.74, 6) is 0.0647. The lowest BCUT2D eigenvalue weighted by Crippen LogP contribution is -2.41. The first-order valence-corrected chi connectivity index (χ1v) is 5.77. The van der Waals surface area contributed by atoms with Gasteiger partial charge in [-0.3, -0.25) is 9.59 Å². The van der Waals surface area contributed by atoms with E-state index >= 15 is 0 Å². The van der Waals surface area contributed by atoms with Crippen LogP contribution in [0, 0.1) is 11.3 Å². The highest BCUT2D eigenvalue weighted by Crippen LogP contribution is 2.22. The molecule has 0 spiro atoms. The van der Waals surface area contributed by atoms with Crippen molar-refractivity contribution in [2.24, 2.45) is 11.3 Å². The van der Waals surface area contributed by atoms with Crippen LogP contribution in [0.5, 0.6) is 0 Å². The lowest BCUT2D eigenvalue weighted by molar-refractivity contribution is -0.135. The van der Waals surface area contributed by atoms with Gasteiger partial charge in [-0.2, -0.15) is 0 Å². The van der Waals surface area contributed by atoms with Crippen molar-refractivity contribution < 1.29 is 9.59 Å². The predicted octanol–water partition coefficient (Wildman–Crippen LogP) is 0.963. The Balaban J connectivity index is 4.20. The molecule has 0 aromatic rings. The van der Waals surface area contributed by atoms with Gasteiger partial charge in [0.2, 0.25) is 5.91 Å². The van der Waals surface area contributed by atoms with Gasteiger partial charge in [0.15, 0.2) is 0 Å². The van der Waals surface area contributed by atoms with E-state index in [1.807, 2.05) is 34.7 Å². The molecule has 16 heavy (non-hydrogen) atoms. The van der Waals surface area contributed by atoms with Crippen molar-refractivity contribution in [2.75, 3.05) is 20.1 Å². The largest absolute Gasteiger partial charge is 0.354 e. The normalized spacial score (nSPS) is 11.6. The topological polar surface area (TPSA) is 58.2 Å². The van der Waals surface area contributed by atoms with E-state index in [1.54, 1.807) is 0 Å². The van der Waals surface area contributed by atoms with Gasteiger partial charge >= 0.3 is 0 Å². The molecule has 0 aliphatic carbocycles. The van der Waals surface area contributed by atoms with Crippen LogP contribution in [0.15, 0.2) is 0 Å². The van der Waals surface area contributed by atoms with Crippen molar-refractivity contribution in [1.29, 1.82) is 0 Å². The molecule has 0 radical (unpaired) electrons. The highest BCUT2D eigenvalue weighted by atomic mass is 16.2. The summed E-state index contributed by atoms with van der Waals surface area (Å²) in [6.07, 6.45) is 0.302.